The van der Waals surface area contributed by atoms with Crippen molar-refractivity contribution in [3.8, 4) is 0 Å². The summed E-state index contributed by atoms with van der Waals surface area (Å²) in [4.78, 5) is 47.5. The van der Waals surface area contributed by atoms with Gasteiger partial charge in [-0.3, -0.25) is 19.2 Å². The van der Waals surface area contributed by atoms with E-state index in [1.165, 1.54) is 0 Å². The van der Waals surface area contributed by atoms with Crippen LogP contribution in [0, 0.1) is 0 Å². The lowest BCUT2D eigenvalue weighted by atomic mass is 9.67. The predicted molar refractivity (Wildman–Crippen MR) is 86.2 cm³/mol. The van der Waals surface area contributed by atoms with Crippen molar-refractivity contribution >= 4 is 23.1 Å². The van der Waals surface area contributed by atoms with Gasteiger partial charge in [0.25, 0.3) is 0 Å². The number of aliphatic hydroxyl groups is 4. The summed E-state index contributed by atoms with van der Waals surface area (Å²) in [5.74, 6) is -4.51. The highest BCUT2D eigenvalue weighted by Crippen LogP contribution is 2.36. The normalized spacial score (nSPS) is 20.8. The number of carbonyl (C=O) groups is 4. The van der Waals surface area contributed by atoms with Gasteiger partial charge in [0.1, 0.15) is 18.3 Å². The maximum Gasteiger partial charge on any atom is 0.194 e. The Morgan fingerprint density at radius 1 is 0.769 bits per heavy atom. The van der Waals surface area contributed by atoms with Crippen LogP contribution < -0.4 is 0 Å². The van der Waals surface area contributed by atoms with Crippen molar-refractivity contribution in [1.29, 1.82) is 0 Å². The number of ether oxygens (including phenoxy) is 2. The van der Waals surface area contributed by atoms with Gasteiger partial charge in [-0.1, -0.05) is 0 Å². The highest BCUT2D eigenvalue weighted by atomic mass is 16.6. The minimum absolute atomic E-state index is 0.746. The van der Waals surface area contributed by atoms with Crippen LogP contribution in [-0.2, 0) is 28.7 Å². The number of hydrogen-bond acceptors (Lipinski definition) is 10. The van der Waals surface area contributed by atoms with Crippen molar-refractivity contribution in [2.24, 2.45) is 0 Å². The fraction of sp³-hybridized carbons (Fsp3) is 0.750. The molecule has 150 valence electrons. The second-order valence-corrected chi connectivity index (χ2v) is 6.07. The molecule has 0 radical (unpaired) electrons. The first-order valence-electron chi connectivity index (χ1n) is 7.64. The second-order valence-electron chi connectivity index (χ2n) is 6.07. The molecule has 0 spiro atoms. The zero-order chi connectivity index (χ0) is 21.0. The summed E-state index contributed by atoms with van der Waals surface area (Å²) in [5, 5.41) is 41.9. The Hall–Kier alpha value is -1.56. The third-order valence-corrected chi connectivity index (χ3v) is 4.40. The first kappa shape index (κ1) is 24.4. The fourth-order valence-corrected chi connectivity index (χ4v) is 2.84. The Labute approximate surface area is 150 Å². The average molecular weight is 378 g/mol. The van der Waals surface area contributed by atoms with Crippen LogP contribution in [0.4, 0.5) is 0 Å². The molecule has 0 aromatic rings. The number of hydrogen-bond donors (Lipinski definition) is 4. The van der Waals surface area contributed by atoms with Gasteiger partial charge >= 0.3 is 0 Å². The molecule has 0 saturated heterocycles. The van der Waals surface area contributed by atoms with E-state index >= 15 is 0 Å². The van der Waals surface area contributed by atoms with Gasteiger partial charge in [0, 0.05) is 14.2 Å². The third kappa shape index (κ3) is 3.90. The van der Waals surface area contributed by atoms with Crippen molar-refractivity contribution in [3.05, 3.63) is 0 Å². The Kier molecular flexibility index (Phi) is 8.36. The molecule has 6 atom stereocenters. The van der Waals surface area contributed by atoms with Gasteiger partial charge in [-0.15, -0.1) is 0 Å². The molecule has 0 aliphatic carbocycles. The zero-order valence-corrected chi connectivity index (χ0v) is 15.5. The molecule has 10 heteroatoms. The van der Waals surface area contributed by atoms with E-state index in [2.05, 4.69) is 0 Å². The van der Waals surface area contributed by atoms with Crippen LogP contribution in [0.15, 0.2) is 0 Å². The van der Waals surface area contributed by atoms with E-state index in [1.54, 1.807) is 0 Å². The summed E-state index contributed by atoms with van der Waals surface area (Å²) < 4.78 is 9.93. The van der Waals surface area contributed by atoms with Gasteiger partial charge in [-0.25, -0.2) is 0 Å². The van der Waals surface area contributed by atoms with Crippen LogP contribution >= 0.6 is 0 Å². The Balaban J connectivity index is 6.74. The van der Waals surface area contributed by atoms with Crippen LogP contribution in [0.2, 0.25) is 0 Å². The molecule has 10 nitrogen and oxygen atoms in total. The number of Topliss-reactive ketones (excluding diaryl/α,β-unsaturated/α-hetero) is 4. The summed E-state index contributed by atoms with van der Waals surface area (Å²) in [6, 6.07) is 0. The van der Waals surface area contributed by atoms with Crippen LogP contribution in [0.25, 0.3) is 0 Å². The molecule has 0 rings (SSSR count). The minimum Gasteiger partial charge on any atom is -0.382 e. The molecule has 0 aromatic heterocycles. The number of ketones is 4. The van der Waals surface area contributed by atoms with Gasteiger partial charge < -0.3 is 29.9 Å². The van der Waals surface area contributed by atoms with Gasteiger partial charge in [-0.05, 0) is 27.7 Å². The second kappa shape index (κ2) is 8.89. The van der Waals surface area contributed by atoms with Crippen molar-refractivity contribution in [2.75, 3.05) is 14.2 Å². The van der Waals surface area contributed by atoms with E-state index in [9.17, 15) is 39.6 Å². The van der Waals surface area contributed by atoms with Crippen molar-refractivity contribution in [3.63, 3.8) is 0 Å². The van der Waals surface area contributed by atoms with E-state index < -0.39 is 58.8 Å². The van der Waals surface area contributed by atoms with Crippen LogP contribution in [0.1, 0.15) is 27.7 Å². The SMILES string of the molecule is CO[C@H]([C@@H](OC)C(O)C(C)=O)[C@@](O)(C(C)=O)[C@@](O)(C(C)=O)C(O)C(C)=O. The van der Waals surface area contributed by atoms with Gasteiger partial charge in [0.2, 0.25) is 0 Å². The summed E-state index contributed by atoms with van der Waals surface area (Å²) in [6.45, 7) is 3.35. The Morgan fingerprint density at radius 2 is 1.19 bits per heavy atom. The molecular weight excluding hydrogens is 352 g/mol. The van der Waals surface area contributed by atoms with Crippen LogP contribution in [0.5, 0.6) is 0 Å². The topological polar surface area (TPSA) is 168 Å². The standard InChI is InChI=1S/C16H26O10/c1-7(17)11(21)12(25-5)14(26-6)16(24,10(4)20)15(23,9(3)19)13(22)8(2)18/h11-14,21-24H,1-6H3/t11?,12-,13?,14+,15+,16-/m0/s1. The molecule has 2 unspecified atom stereocenters. The predicted octanol–water partition coefficient (Wildman–Crippen LogP) is -2.44. The van der Waals surface area contributed by atoms with E-state index in [4.69, 9.17) is 9.47 Å². The number of rotatable bonds is 11. The molecule has 0 fully saturated rings. The first-order chi connectivity index (χ1) is 11.7. The average Bonchev–Trinajstić information content (AvgIpc) is 2.55. The van der Waals surface area contributed by atoms with E-state index in [1.807, 2.05) is 0 Å². The summed E-state index contributed by atoms with van der Waals surface area (Å²) in [6.07, 6.45) is -8.09. The lowest BCUT2D eigenvalue weighted by molar-refractivity contribution is -0.247. The molecule has 0 amide bonds. The summed E-state index contributed by atoms with van der Waals surface area (Å²) in [7, 11) is 1.98. The maximum absolute atomic E-state index is 12.3. The molecule has 4 N–H and O–H groups in total. The zero-order valence-electron chi connectivity index (χ0n) is 15.5. The molecular formula is C16H26O10. The van der Waals surface area contributed by atoms with E-state index in [0.717, 1.165) is 41.9 Å². The fourth-order valence-electron chi connectivity index (χ4n) is 2.84. The maximum atomic E-state index is 12.3. The van der Waals surface area contributed by atoms with Crippen LogP contribution in [-0.4, -0.2) is 93.4 Å². The third-order valence-electron chi connectivity index (χ3n) is 4.40. The highest BCUT2D eigenvalue weighted by molar-refractivity contribution is 6.02. The minimum atomic E-state index is -3.32. The molecule has 0 heterocycles. The van der Waals surface area contributed by atoms with Crippen molar-refractivity contribution in [2.45, 2.75) is 63.3 Å². The summed E-state index contributed by atoms with van der Waals surface area (Å²) >= 11 is 0. The van der Waals surface area contributed by atoms with Gasteiger partial charge in [-0.2, -0.15) is 0 Å². The molecule has 0 aliphatic heterocycles. The highest BCUT2D eigenvalue weighted by Gasteiger charge is 2.67. The monoisotopic (exact) mass is 378 g/mol. The van der Waals surface area contributed by atoms with Gasteiger partial charge in [0.05, 0.1) is 0 Å². The largest absolute Gasteiger partial charge is 0.382 e. The Morgan fingerprint density at radius 3 is 1.42 bits per heavy atom. The van der Waals surface area contributed by atoms with E-state index in [-0.39, 0.29) is 0 Å². The molecule has 0 aliphatic rings. The van der Waals surface area contributed by atoms with Gasteiger partial charge in [0.15, 0.2) is 40.4 Å². The quantitative estimate of drug-likeness (QED) is 0.303. The lowest BCUT2D eigenvalue weighted by Gasteiger charge is -2.47. The van der Waals surface area contributed by atoms with E-state index in [0.29, 0.717) is 0 Å². The number of aliphatic hydroxyl groups excluding tert-OH is 2. The molecule has 0 saturated carbocycles. The smallest absolute Gasteiger partial charge is 0.194 e. The Bertz CT molecular complexity index is 573. The number of methoxy groups -OCH3 is 2. The lowest BCUT2D eigenvalue weighted by Crippen LogP contribution is -2.76. The molecule has 0 aromatic carbocycles. The van der Waals surface area contributed by atoms with Crippen LogP contribution in [0.3, 0.4) is 0 Å². The van der Waals surface area contributed by atoms with Crippen molar-refractivity contribution in [1.82, 2.24) is 0 Å². The van der Waals surface area contributed by atoms with Crippen molar-refractivity contribution < 1.29 is 49.1 Å². The summed E-state index contributed by atoms with van der Waals surface area (Å²) in [5.41, 5.74) is -6.55. The first-order valence-corrected chi connectivity index (χ1v) is 7.64. The molecule has 26 heavy (non-hydrogen) atoms. The molecule has 0 bridgehead atoms. The number of carbonyl (C=O) groups excluding carboxylic acids is 4.